The molecule has 0 saturated heterocycles. The van der Waals surface area contributed by atoms with Crippen LogP contribution in [0.4, 0.5) is 0 Å². The van der Waals surface area contributed by atoms with Crippen molar-refractivity contribution in [1.82, 2.24) is 4.98 Å². The van der Waals surface area contributed by atoms with E-state index < -0.39 is 0 Å². The van der Waals surface area contributed by atoms with Crippen LogP contribution in [-0.2, 0) is 0 Å². The normalized spacial score (nSPS) is 11.7. The fraction of sp³-hybridized carbons (Fsp3) is 0.143. The van der Waals surface area contributed by atoms with Crippen LogP contribution in [0, 0.1) is 11.3 Å². The number of hydrogen-bond acceptors (Lipinski definition) is 3. The highest BCUT2D eigenvalue weighted by atomic mass is 32.2. The van der Waals surface area contributed by atoms with Crippen LogP contribution in [0.3, 0.4) is 0 Å². The van der Waals surface area contributed by atoms with Gasteiger partial charge < -0.3 is 0 Å². The van der Waals surface area contributed by atoms with E-state index in [0.717, 1.165) is 4.90 Å². The number of thioether (sulfide) groups is 1. The minimum atomic E-state index is 0.184. The molecule has 1 unspecified atom stereocenters. The summed E-state index contributed by atoms with van der Waals surface area (Å²) in [6, 6.07) is 16.3. The fourth-order valence-electron chi connectivity index (χ4n) is 1.56. The van der Waals surface area contributed by atoms with Crippen LogP contribution in [0.25, 0.3) is 0 Å². The second kappa shape index (κ2) is 6.07. The number of aromatic nitrogens is 1. The molecule has 1 atom stereocenters. The molecule has 0 fully saturated rings. The zero-order chi connectivity index (χ0) is 11.9. The first-order valence-corrected chi connectivity index (χ1v) is 6.26. The summed E-state index contributed by atoms with van der Waals surface area (Å²) in [5.74, 6) is 0. The van der Waals surface area contributed by atoms with Crippen molar-refractivity contribution in [1.29, 1.82) is 5.26 Å². The van der Waals surface area contributed by atoms with Crippen molar-refractivity contribution in [3.63, 3.8) is 0 Å². The van der Waals surface area contributed by atoms with Gasteiger partial charge in [-0.1, -0.05) is 30.3 Å². The Morgan fingerprint density at radius 2 is 1.82 bits per heavy atom. The third kappa shape index (κ3) is 3.33. The molecule has 2 rings (SSSR count). The number of pyridine rings is 1. The Hall–Kier alpha value is -1.79. The lowest BCUT2D eigenvalue weighted by Crippen LogP contribution is -1.92. The molecule has 0 aliphatic rings. The van der Waals surface area contributed by atoms with Crippen molar-refractivity contribution in [3.05, 3.63) is 60.4 Å². The number of nitrogens with zero attached hydrogens (tertiary/aromatic N) is 2. The number of nitriles is 1. The van der Waals surface area contributed by atoms with E-state index in [-0.39, 0.29) is 5.25 Å². The van der Waals surface area contributed by atoms with Gasteiger partial charge >= 0.3 is 0 Å². The zero-order valence-electron chi connectivity index (χ0n) is 9.28. The second-order valence-corrected chi connectivity index (χ2v) is 4.84. The first-order valence-electron chi connectivity index (χ1n) is 5.39. The van der Waals surface area contributed by atoms with Gasteiger partial charge in [-0.3, -0.25) is 4.98 Å². The van der Waals surface area contributed by atoms with Crippen molar-refractivity contribution >= 4 is 11.8 Å². The minimum absolute atomic E-state index is 0.184. The van der Waals surface area contributed by atoms with E-state index in [9.17, 15) is 0 Å². The van der Waals surface area contributed by atoms with Gasteiger partial charge in [-0.15, -0.1) is 11.8 Å². The summed E-state index contributed by atoms with van der Waals surface area (Å²) in [5, 5.41) is 9.08. The van der Waals surface area contributed by atoms with Crippen LogP contribution in [0.5, 0.6) is 0 Å². The van der Waals surface area contributed by atoms with Crippen LogP contribution < -0.4 is 0 Å². The fourth-order valence-corrected chi connectivity index (χ4v) is 2.62. The summed E-state index contributed by atoms with van der Waals surface area (Å²) in [7, 11) is 0. The maximum Gasteiger partial charge on any atom is 0.0637 e. The van der Waals surface area contributed by atoms with Gasteiger partial charge in [-0.05, 0) is 17.7 Å². The predicted molar refractivity (Wildman–Crippen MR) is 69.5 cm³/mol. The van der Waals surface area contributed by atoms with Gasteiger partial charge in [-0.2, -0.15) is 5.26 Å². The van der Waals surface area contributed by atoms with Crippen molar-refractivity contribution in [3.8, 4) is 6.07 Å². The molecule has 3 heteroatoms. The minimum Gasteiger partial charge on any atom is -0.265 e. The van der Waals surface area contributed by atoms with Crippen molar-refractivity contribution in [2.45, 2.75) is 16.6 Å². The summed E-state index contributed by atoms with van der Waals surface area (Å²) < 4.78 is 0. The molecular weight excluding hydrogens is 228 g/mol. The molecule has 1 aromatic carbocycles. The number of benzene rings is 1. The summed E-state index contributed by atoms with van der Waals surface area (Å²) in [4.78, 5) is 5.14. The number of rotatable bonds is 4. The highest BCUT2D eigenvalue weighted by molar-refractivity contribution is 7.99. The van der Waals surface area contributed by atoms with Crippen molar-refractivity contribution in [2.75, 3.05) is 0 Å². The van der Waals surface area contributed by atoms with Crippen LogP contribution in [0.15, 0.2) is 59.8 Å². The predicted octanol–water partition coefficient (Wildman–Crippen LogP) is 3.83. The van der Waals surface area contributed by atoms with Crippen LogP contribution in [0.2, 0.25) is 0 Å². The molecule has 0 aliphatic carbocycles. The van der Waals surface area contributed by atoms with Gasteiger partial charge in [0.2, 0.25) is 0 Å². The van der Waals surface area contributed by atoms with Gasteiger partial charge in [0.25, 0.3) is 0 Å². The summed E-state index contributed by atoms with van der Waals surface area (Å²) in [5.41, 5.74) is 1.19. The molecule has 0 radical (unpaired) electrons. The monoisotopic (exact) mass is 240 g/mol. The van der Waals surface area contributed by atoms with Gasteiger partial charge in [0, 0.05) is 22.5 Å². The second-order valence-electron chi connectivity index (χ2n) is 3.56. The summed E-state index contributed by atoms with van der Waals surface area (Å²) in [6.45, 7) is 0. The third-order valence-electron chi connectivity index (χ3n) is 2.38. The Bertz CT molecular complexity index is 491. The Kier molecular flexibility index (Phi) is 4.17. The molecule has 2 aromatic rings. The molecule has 0 spiro atoms. The molecule has 0 N–H and O–H groups in total. The van der Waals surface area contributed by atoms with E-state index >= 15 is 0 Å². The van der Waals surface area contributed by atoms with E-state index in [2.05, 4.69) is 23.2 Å². The lowest BCUT2D eigenvalue weighted by atomic mass is 10.1. The largest absolute Gasteiger partial charge is 0.265 e. The first kappa shape index (κ1) is 11.7. The van der Waals surface area contributed by atoms with Crippen molar-refractivity contribution < 1.29 is 0 Å². The molecular formula is C14H12N2S. The average molecular weight is 240 g/mol. The van der Waals surface area contributed by atoms with Gasteiger partial charge in [-0.25, -0.2) is 0 Å². The lowest BCUT2D eigenvalue weighted by Gasteiger charge is -2.13. The lowest BCUT2D eigenvalue weighted by molar-refractivity contribution is 0.977. The molecule has 2 nitrogen and oxygen atoms in total. The number of hydrogen-bond donors (Lipinski definition) is 0. The van der Waals surface area contributed by atoms with Gasteiger partial charge in [0.15, 0.2) is 0 Å². The van der Waals surface area contributed by atoms with Gasteiger partial charge in [0.05, 0.1) is 12.5 Å². The topological polar surface area (TPSA) is 36.7 Å². The molecule has 0 bridgehead atoms. The smallest absolute Gasteiger partial charge is 0.0637 e. The summed E-state index contributed by atoms with van der Waals surface area (Å²) >= 11 is 1.70. The van der Waals surface area contributed by atoms with Crippen LogP contribution in [0.1, 0.15) is 17.2 Å². The summed E-state index contributed by atoms with van der Waals surface area (Å²) in [6.07, 6.45) is 4.06. The van der Waals surface area contributed by atoms with Crippen LogP contribution >= 0.6 is 11.8 Å². The highest BCUT2D eigenvalue weighted by Gasteiger charge is 2.12. The molecule has 0 amide bonds. The first-order chi connectivity index (χ1) is 8.40. The molecule has 1 aromatic heterocycles. The maximum absolute atomic E-state index is 8.90. The SMILES string of the molecule is N#CCC(Sc1ccncc1)c1ccccc1. The van der Waals surface area contributed by atoms with E-state index in [1.807, 2.05) is 30.3 Å². The molecule has 17 heavy (non-hydrogen) atoms. The highest BCUT2D eigenvalue weighted by Crippen LogP contribution is 2.36. The third-order valence-corrected chi connectivity index (χ3v) is 3.64. The van der Waals surface area contributed by atoms with E-state index in [1.165, 1.54) is 5.56 Å². The molecule has 1 heterocycles. The van der Waals surface area contributed by atoms with Crippen LogP contribution in [-0.4, -0.2) is 4.98 Å². The van der Waals surface area contributed by atoms with E-state index in [1.54, 1.807) is 24.2 Å². The molecule has 0 aliphatic heterocycles. The standard InChI is InChI=1S/C14H12N2S/c15-9-6-14(12-4-2-1-3-5-12)17-13-7-10-16-11-8-13/h1-5,7-8,10-11,14H,6H2. The zero-order valence-corrected chi connectivity index (χ0v) is 10.1. The van der Waals surface area contributed by atoms with Crippen molar-refractivity contribution in [2.24, 2.45) is 0 Å². The quantitative estimate of drug-likeness (QED) is 0.762. The van der Waals surface area contributed by atoms with E-state index in [0.29, 0.717) is 6.42 Å². The Balaban J connectivity index is 2.17. The Morgan fingerprint density at radius 3 is 2.47 bits per heavy atom. The maximum atomic E-state index is 8.90. The Morgan fingerprint density at radius 1 is 1.12 bits per heavy atom. The average Bonchev–Trinajstić information content (AvgIpc) is 2.40. The Labute approximate surface area is 105 Å². The molecule has 0 saturated carbocycles. The van der Waals surface area contributed by atoms with E-state index in [4.69, 9.17) is 5.26 Å². The molecule has 84 valence electrons. The van der Waals surface area contributed by atoms with Gasteiger partial charge in [0.1, 0.15) is 0 Å².